The van der Waals surface area contributed by atoms with Gasteiger partial charge in [-0.15, -0.1) is 6.42 Å². The number of piperidine rings is 1. The number of esters is 1. The zero-order valence-corrected chi connectivity index (χ0v) is 7.95. The number of nitrogens with zero attached hydrogens (tertiary/aromatic N) is 1. The molecule has 0 bridgehead atoms. The van der Waals surface area contributed by atoms with E-state index >= 15 is 0 Å². The molecule has 1 atom stereocenters. The van der Waals surface area contributed by atoms with Crippen molar-refractivity contribution in [2.24, 2.45) is 0 Å². The molecule has 0 spiro atoms. The molecule has 0 aliphatic carbocycles. The van der Waals surface area contributed by atoms with Crippen LogP contribution in [-0.2, 0) is 9.53 Å². The summed E-state index contributed by atoms with van der Waals surface area (Å²) in [7, 11) is 1.95. The normalized spacial score (nSPS) is 23.5. The van der Waals surface area contributed by atoms with Gasteiger partial charge in [0.25, 0.3) is 0 Å². The molecule has 0 aromatic rings. The number of hydrogen-bond acceptors (Lipinski definition) is 3. The molecule has 0 radical (unpaired) electrons. The van der Waals surface area contributed by atoms with Crippen LogP contribution in [-0.4, -0.2) is 37.1 Å². The van der Waals surface area contributed by atoms with Gasteiger partial charge in [0.2, 0.25) is 0 Å². The second kappa shape index (κ2) is 4.88. The molecule has 72 valence electrons. The Morgan fingerprint density at radius 3 is 3.08 bits per heavy atom. The first-order valence-corrected chi connectivity index (χ1v) is 4.56. The second-order valence-electron chi connectivity index (χ2n) is 3.30. The van der Waals surface area contributed by atoms with Gasteiger partial charge in [0, 0.05) is 0 Å². The maximum atomic E-state index is 11.4. The summed E-state index contributed by atoms with van der Waals surface area (Å²) in [5.74, 6) is 2.11. The summed E-state index contributed by atoms with van der Waals surface area (Å²) in [6.07, 6.45) is 8.15. The Hall–Kier alpha value is -1.01. The van der Waals surface area contributed by atoms with Crippen molar-refractivity contribution in [2.75, 3.05) is 20.2 Å². The molecule has 0 aromatic carbocycles. The van der Waals surface area contributed by atoms with E-state index in [1.165, 1.54) is 0 Å². The lowest BCUT2D eigenvalue weighted by Crippen LogP contribution is -2.42. The minimum absolute atomic E-state index is 0.0814. The standard InChI is InChI=1S/C10H15NO2/c1-3-8-13-10(12)9-6-4-5-7-11(9)2/h1,9H,4-8H2,2H3. The molecule has 0 amide bonds. The van der Waals surface area contributed by atoms with Crippen molar-refractivity contribution >= 4 is 5.97 Å². The third-order valence-corrected chi connectivity index (χ3v) is 2.34. The summed E-state index contributed by atoms with van der Waals surface area (Å²) in [5, 5.41) is 0. The summed E-state index contributed by atoms with van der Waals surface area (Å²) >= 11 is 0. The Morgan fingerprint density at radius 1 is 1.69 bits per heavy atom. The van der Waals surface area contributed by atoms with Gasteiger partial charge in [-0.25, -0.2) is 0 Å². The smallest absolute Gasteiger partial charge is 0.324 e. The van der Waals surface area contributed by atoms with Crippen LogP contribution in [0, 0.1) is 12.3 Å². The molecule has 0 saturated carbocycles. The van der Waals surface area contributed by atoms with Crippen LogP contribution in [0.1, 0.15) is 19.3 Å². The van der Waals surface area contributed by atoms with Gasteiger partial charge in [-0.2, -0.15) is 0 Å². The van der Waals surface area contributed by atoms with Gasteiger partial charge in [-0.1, -0.05) is 12.3 Å². The van der Waals surface area contributed by atoms with Crippen molar-refractivity contribution < 1.29 is 9.53 Å². The SMILES string of the molecule is C#CCOC(=O)C1CCCCN1C. The molecule has 3 heteroatoms. The van der Waals surface area contributed by atoms with E-state index in [9.17, 15) is 4.79 Å². The molecular formula is C10H15NO2. The number of carbonyl (C=O) groups is 1. The topological polar surface area (TPSA) is 29.5 Å². The summed E-state index contributed by atoms with van der Waals surface area (Å²) in [6, 6.07) is -0.0814. The van der Waals surface area contributed by atoms with E-state index < -0.39 is 0 Å². The number of rotatable bonds is 2. The zero-order chi connectivity index (χ0) is 9.68. The van der Waals surface area contributed by atoms with Gasteiger partial charge in [-0.05, 0) is 26.4 Å². The molecule has 1 fully saturated rings. The summed E-state index contributed by atoms with van der Waals surface area (Å²) in [5.41, 5.74) is 0. The maximum Gasteiger partial charge on any atom is 0.324 e. The monoisotopic (exact) mass is 181 g/mol. The lowest BCUT2D eigenvalue weighted by Gasteiger charge is -2.30. The highest BCUT2D eigenvalue weighted by Crippen LogP contribution is 2.15. The molecule has 1 aliphatic rings. The summed E-state index contributed by atoms with van der Waals surface area (Å²) in [6.45, 7) is 1.05. The van der Waals surface area contributed by atoms with E-state index in [2.05, 4.69) is 5.92 Å². The maximum absolute atomic E-state index is 11.4. The quantitative estimate of drug-likeness (QED) is 0.462. The predicted octanol–water partition coefficient (Wildman–Crippen LogP) is 0.647. The van der Waals surface area contributed by atoms with Crippen LogP contribution >= 0.6 is 0 Å². The van der Waals surface area contributed by atoms with Crippen LogP contribution in [0.5, 0.6) is 0 Å². The van der Waals surface area contributed by atoms with Crippen LogP contribution in [0.2, 0.25) is 0 Å². The van der Waals surface area contributed by atoms with Crippen molar-refractivity contribution in [2.45, 2.75) is 25.3 Å². The third kappa shape index (κ3) is 2.74. The molecule has 1 aliphatic heterocycles. The molecule has 0 aromatic heterocycles. The summed E-state index contributed by atoms with van der Waals surface area (Å²) < 4.78 is 4.88. The summed E-state index contributed by atoms with van der Waals surface area (Å²) in [4.78, 5) is 13.4. The molecule has 13 heavy (non-hydrogen) atoms. The fourth-order valence-corrected chi connectivity index (χ4v) is 1.58. The largest absolute Gasteiger partial charge is 0.451 e. The van der Waals surface area contributed by atoms with Crippen LogP contribution in [0.25, 0.3) is 0 Å². The first-order valence-electron chi connectivity index (χ1n) is 4.56. The highest BCUT2D eigenvalue weighted by Gasteiger charge is 2.26. The van der Waals surface area contributed by atoms with E-state index in [0.717, 1.165) is 25.8 Å². The Labute approximate surface area is 79.1 Å². The van der Waals surface area contributed by atoms with Gasteiger partial charge in [0.15, 0.2) is 6.61 Å². The lowest BCUT2D eigenvalue weighted by molar-refractivity contribution is -0.149. The lowest BCUT2D eigenvalue weighted by atomic mass is 10.0. The second-order valence-corrected chi connectivity index (χ2v) is 3.30. The van der Waals surface area contributed by atoms with Crippen LogP contribution < -0.4 is 0 Å². The fraction of sp³-hybridized carbons (Fsp3) is 0.700. The highest BCUT2D eigenvalue weighted by atomic mass is 16.5. The average molecular weight is 181 g/mol. The highest BCUT2D eigenvalue weighted by molar-refractivity contribution is 5.76. The zero-order valence-electron chi connectivity index (χ0n) is 7.95. The Balaban J connectivity index is 2.40. The van der Waals surface area contributed by atoms with Gasteiger partial charge in [-0.3, -0.25) is 9.69 Å². The number of ether oxygens (including phenoxy) is 1. The Kier molecular flexibility index (Phi) is 3.78. The molecule has 1 saturated heterocycles. The Bertz CT molecular complexity index is 219. The van der Waals surface area contributed by atoms with Crippen molar-refractivity contribution in [3.05, 3.63) is 0 Å². The van der Waals surface area contributed by atoms with Gasteiger partial charge in [0.05, 0.1) is 0 Å². The molecule has 1 rings (SSSR count). The molecule has 1 heterocycles. The number of carbonyl (C=O) groups excluding carboxylic acids is 1. The first-order chi connectivity index (χ1) is 6.25. The van der Waals surface area contributed by atoms with Crippen molar-refractivity contribution in [3.63, 3.8) is 0 Å². The van der Waals surface area contributed by atoms with Gasteiger partial charge >= 0.3 is 5.97 Å². The number of terminal acetylenes is 1. The van der Waals surface area contributed by atoms with E-state index in [1.807, 2.05) is 11.9 Å². The predicted molar refractivity (Wildman–Crippen MR) is 50.1 cm³/mol. The van der Waals surface area contributed by atoms with Crippen molar-refractivity contribution in [1.82, 2.24) is 4.90 Å². The minimum Gasteiger partial charge on any atom is -0.451 e. The Morgan fingerprint density at radius 2 is 2.46 bits per heavy atom. The fourth-order valence-electron chi connectivity index (χ4n) is 1.58. The van der Waals surface area contributed by atoms with Gasteiger partial charge < -0.3 is 4.74 Å². The molecule has 1 unspecified atom stereocenters. The number of hydrogen-bond donors (Lipinski definition) is 0. The molecular weight excluding hydrogens is 166 g/mol. The molecule has 0 N–H and O–H groups in total. The number of likely N-dealkylation sites (N-methyl/N-ethyl adjacent to an activating group) is 1. The van der Waals surface area contributed by atoms with Gasteiger partial charge in [0.1, 0.15) is 6.04 Å². The van der Waals surface area contributed by atoms with Crippen LogP contribution in [0.4, 0.5) is 0 Å². The first kappa shape index (κ1) is 10.1. The molecule has 3 nitrogen and oxygen atoms in total. The van der Waals surface area contributed by atoms with Crippen molar-refractivity contribution in [1.29, 1.82) is 0 Å². The average Bonchev–Trinajstić information content (AvgIpc) is 2.15. The van der Waals surface area contributed by atoms with E-state index in [4.69, 9.17) is 11.2 Å². The number of likely N-dealkylation sites (tertiary alicyclic amines) is 1. The van der Waals surface area contributed by atoms with E-state index in [1.54, 1.807) is 0 Å². The third-order valence-electron chi connectivity index (χ3n) is 2.34. The minimum atomic E-state index is -0.180. The van der Waals surface area contributed by atoms with Crippen LogP contribution in [0.3, 0.4) is 0 Å². The van der Waals surface area contributed by atoms with E-state index in [0.29, 0.717) is 0 Å². The van der Waals surface area contributed by atoms with Crippen LogP contribution in [0.15, 0.2) is 0 Å². The van der Waals surface area contributed by atoms with Crippen molar-refractivity contribution in [3.8, 4) is 12.3 Å². The van der Waals surface area contributed by atoms with E-state index in [-0.39, 0.29) is 18.6 Å².